The predicted molar refractivity (Wildman–Crippen MR) is 72.8 cm³/mol. The van der Waals surface area contributed by atoms with Crippen LogP contribution in [0.3, 0.4) is 0 Å². The lowest BCUT2D eigenvalue weighted by Crippen LogP contribution is -2.01. The number of rotatable bonds is 3. The molecule has 2 aromatic rings. The highest BCUT2D eigenvalue weighted by Crippen LogP contribution is 2.27. The Labute approximate surface area is 119 Å². The van der Waals surface area contributed by atoms with Crippen LogP contribution in [-0.2, 0) is 0 Å². The van der Waals surface area contributed by atoms with Gasteiger partial charge in [-0.15, -0.1) is 0 Å². The number of benzene rings is 2. The first-order valence-electron chi connectivity index (χ1n) is 5.51. The topological polar surface area (TPSA) is 73.1 Å². The Morgan fingerprint density at radius 3 is 2.65 bits per heavy atom. The van der Waals surface area contributed by atoms with Gasteiger partial charge in [0.2, 0.25) is 0 Å². The molecule has 6 heteroatoms. The second-order valence-corrected chi connectivity index (χ2v) is 4.31. The molecule has 0 saturated carbocycles. The monoisotopic (exact) mass is 290 g/mol. The van der Waals surface area contributed by atoms with Crippen molar-refractivity contribution in [1.29, 1.82) is 5.26 Å². The van der Waals surface area contributed by atoms with Crippen molar-refractivity contribution in [2.24, 2.45) is 0 Å². The molecule has 2 rings (SSSR count). The molecule has 0 unspecified atom stereocenters. The number of carboxylic acid groups (broad SMARTS) is 1. The van der Waals surface area contributed by atoms with Crippen LogP contribution in [0.15, 0.2) is 36.4 Å². The molecule has 0 radical (unpaired) electrons. The van der Waals surface area contributed by atoms with Crippen LogP contribution in [-0.4, -0.2) is 11.1 Å². The second kappa shape index (κ2) is 5.59. The van der Waals surface area contributed by atoms with Crippen molar-refractivity contribution in [3.05, 3.63) is 58.4 Å². The van der Waals surface area contributed by atoms with Crippen LogP contribution in [0.2, 0.25) is 5.02 Å². The molecular formula is C14H8ClFN2O2. The lowest BCUT2D eigenvalue weighted by atomic mass is 10.1. The van der Waals surface area contributed by atoms with Gasteiger partial charge in [0.25, 0.3) is 0 Å². The highest BCUT2D eigenvalue weighted by atomic mass is 35.5. The van der Waals surface area contributed by atoms with Gasteiger partial charge < -0.3 is 10.4 Å². The van der Waals surface area contributed by atoms with Crippen LogP contribution in [0.1, 0.15) is 15.9 Å². The summed E-state index contributed by atoms with van der Waals surface area (Å²) in [6.45, 7) is 0. The Morgan fingerprint density at radius 2 is 2.05 bits per heavy atom. The highest BCUT2D eigenvalue weighted by Gasteiger charge is 2.11. The van der Waals surface area contributed by atoms with Crippen LogP contribution in [0.5, 0.6) is 0 Å². The predicted octanol–water partition coefficient (Wildman–Crippen LogP) is 3.79. The average molecular weight is 291 g/mol. The van der Waals surface area contributed by atoms with E-state index in [0.717, 1.165) is 6.07 Å². The maximum atomic E-state index is 13.8. The van der Waals surface area contributed by atoms with E-state index in [1.54, 1.807) is 18.2 Å². The van der Waals surface area contributed by atoms with Gasteiger partial charge in [0.05, 0.1) is 27.5 Å². The third-order valence-electron chi connectivity index (χ3n) is 2.61. The molecule has 0 atom stereocenters. The van der Waals surface area contributed by atoms with Gasteiger partial charge in [-0.1, -0.05) is 17.7 Å². The molecule has 0 spiro atoms. The van der Waals surface area contributed by atoms with Crippen molar-refractivity contribution in [3.8, 4) is 6.07 Å². The summed E-state index contributed by atoms with van der Waals surface area (Å²) in [6.07, 6.45) is 0. The second-order valence-electron chi connectivity index (χ2n) is 3.90. The Kier molecular flexibility index (Phi) is 3.87. The molecule has 100 valence electrons. The van der Waals surface area contributed by atoms with Crippen LogP contribution in [0, 0.1) is 17.1 Å². The Balaban J connectivity index is 2.39. The number of hydrogen-bond acceptors (Lipinski definition) is 3. The van der Waals surface area contributed by atoms with Crippen LogP contribution < -0.4 is 5.32 Å². The Hall–Kier alpha value is -2.58. The summed E-state index contributed by atoms with van der Waals surface area (Å²) >= 11 is 5.87. The largest absolute Gasteiger partial charge is 0.478 e. The number of nitrogens with one attached hydrogen (secondary N) is 1. The van der Waals surface area contributed by atoms with E-state index < -0.39 is 11.8 Å². The van der Waals surface area contributed by atoms with E-state index in [-0.39, 0.29) is 21.8 Å². The van der Waals surface area contributed by atoms with E-state index in [1.165, 1.54) is 12.1 Å². The molecule has 0 heterocycles. The number of aromatic carboxylic acids is 1. The number of carboxylic acids is 1. The zero-order valence-electron chi connectivity index (χ0n) is 10.0. The number of anilines is 2. The van der Waals surface area contributed by atoms with Gasteiger partial charge in [-0.25, -0.2) is 9.18 Å². The minimum absolute atomic E-state index is 0.0637. The third-order valence-corrected chi connectivity index (χ3v) is 2.93. The van der Waals surface area contributed by atoms with Crippen molar-refractivity contribution in [2.75, 3.05) is 5.32 Å². The fraction of sp³-hybridized carbons (Fsp3) is 0. The van der Waals surface area contributed by atoms with E-state index >= 15 is 0 Å². The first-order chi connectivity index (χ1) is 9.52. The van der Waals surface area contributed by atoms with E-state index in [2.05, 4.69) is 5.32 Å². The lowest BCUT2D eigenvalue weighted by Gasteiger charge is -2.10. The minimum Gasteiger partial charge on any atom is -0.478 e. The molecule has 0 aliphatic rings. The van der Waals surface area contributed by atoms with Gasteiger partial charge in [0.15, 0.2) is 0 Å². The summed E-state index contributed by atoms with van der Waals surface area (Å²) in [6, 6.07) is 10.1. The molecule has 2 aromatic carbocycles. The van der Waals surface area contributed by atoms with E-state index in [4.69, 9.17) is 22.0 Å². The smallest absolute Gasteiger partial charge is 0.335 e. The van der Waals surface area contributed by atoms with Gasteiger partial charge in [-0.2, -0.15) is 5.26 Å². The number of halogens is 2. The molecule has 20 heavy (non-hydrogen) atoms. The first-order valence-corrected chi connectivity index (χ1v) is 5.89. The van der Waals surface area contributed by atoms with Gasteiger partial charge >= 0.3 is 5.97 Å². The fourth-order valence-electron chi connectivity index (χ4n) is 1.64. The molecule has 4 nitrogen and oxygen atoms in total. The molecular weight excluding hydrogens is 283 g/mol. The van der Waals surface area contributed by atoms with Crippen molar-refractivity contribution in [3.63, 3.8) is 0 Å². The third kappa shape index (κ3) is 2.71. The van der Waals surface area contributed by atoms with E-state index in [9.17, 15) is 9.18 Å². The van der Waals surface area contributed by atoms with Crippen molar-refractivity contribution < 1.29 is 14.3 Å². The molecule has 0 amide bonds. The van der Waals surface area contributed by atoms with Crippen LogP contribution >= 0.6 is 11.6 Å². The number of carbonyl (C=O) groups is 1. The maximum absolute atomic E-state index is 13.8. The lowest BCUT2D eigenvalue weighted by molar-refractivity contribution is 0.0696. The van der Waals surface area contributed by atoms with Crippen LogP contribution in [0.25, 0.3) is 0 Å². The fourth-order valence-corrected chi connectivity index (χ4v) is 1.85. The zero-order valence-corrected chi connectivity index (χ0v) is 10.8. The number of nitriles is 1. The van der Waals surface area contributed by atoms with Crippen LogP contribution in [0.4, 0.5) is 15.8 Å². The summed E-state index contributed by atoms with van der Waals surface area (Å²) in [4.78, 5) is 10.7. The molecule has 0 aliphatic carbocycles. The maximum Gasteiger partial charge on any atom is 0.335 e. The zero-order chi connectivity index (χ0) is 14.7. The Bertz CT molecular complexity index is 726. The Morgan fingerprint density at radius 1 is 1.30 bits per heavy atom. The average Bonchev–Trinajstić information content (AvgIpc) is 2.41. The van der Waals surface area contributed by atoms with Crippen molar-refractivity contribution in [2.45, 2.75) is 0 Å². The molecule has 0 saturated heterocycles. The summed E-state index contributed by atoms with van der Waals surface area (Å²) in [7, 11) is 0. The quantitative estimate of drug-likeness (QED) is 0.902. The summed E-state index contributed by atoms with van der Waals surface area (Å²) in [5.74, 6) is -1.94. The van der Waals surface area contributed by atoms with Crippen molar-refractivity contribution >= 4 is 28.9 Å². The van der Waals surface area contributed by atoms with Gasteiger partial charge in [-0.3, -0.25) is 0 Å². The minimum atomic E-state index is -1.21. The molecule has 2 N–H and O–H groups in total. The molecule has 0 aromatic heterocycles. The summed E-state index contributed by atoms with van der Waals surface area (Å²) in [5, 5.41) is 20.8. The van der Waals surface area contributed by atoms with Gasteiger partial charge in [0.1, 0.15) is 11.9 Å². The first kappa shape index (κ1) is 13.8. The SMILES string of the molecule is N#Cc1c(Cl)cccc1Nc1ccc(C(=O)O)cc1F. The van der Waals surface area contributed by atoms with Gasteiger partial charge in [-0.05, 0) is 30.3 Å². The highest BCUT2D eigenvalue weighted by molar-refractivity contribution is 6.32. The molecule has 0 aliphatic heterocycles. The normalized spacial score (nSPS) is 9.85. The summed E-state index contributed by atoms with van der Waals surface area (Å²) < 4.78 is 13.8. The summed E-state index contributed by atoms with van der Waals surface area (Å²) in [5.41, 5.74) is 0.450. The van der Waals surface area contributed by atoms with Crippen molar-refractivity contribution in [1.82, 2.24) is 0 Å². The van der Waals surface area contributed by atoms with Gasteiger partial charge in [0, 0.05) is 0 Å². The van der Waals surface area contributed by atoms with E-state index in [1.807, 2.05) is 6.07 Å². The molecule has 0 fully saturated rings. The standard InChI is InChI=1S/C14H8ClFN2O2/c15-10-2-1-3-12(9(10)7-17)18-13-5-4-8(14(19)20)6-11(13)16/h1-6,18H,(H,19,20). The number of nitrogens with zero attached hydrogens (tertiary/aromatic N) is 1. The number of hydrogen-bond donors (Lipinski definition) is 2. The molecule has 0 bridgehead atoms. The van der Waals surface area contributed by atoms with E-state index in [0.29, 0.717) is 5.69 Å².